The molecule has 0 unspecified atom stereocenters. The number of nitrogens with zero attached hydrogens (tertiary/aromatic N) is 3. The van der Waals surface area contributed by atoms with Crippen LogP contribution in [0, 0.1) is 0 Å². The van der Waals surface area contributed by atoms with Crippen LogP contribution in [0.3, 0.4) is 0 Å². The van der Waals surface area contributed by atoms with E-state index in [-0.39, 0.29) is 11.4 Å². The first-order valence-corrected chi connectivity index (χ1v) is 12.9. The number of carbonyl (C=O) groups excluding carboxylic acids is 1. The van der Waals surface area contributed by atoms with Gasteiger partial charge in [-0.3, -0.25) is 19.5 Å². The number of benzene rings is 1. The highest BCUT2D eigenvalue weighted by Crippen LogP contribution is 2.34. The number of piperazine rings is 1. The van der Waals surface area contributed by atoms with E-state index in [0.717, 1.165) is 77.1 Å². The summed E-state index contributed by atoms with van der Waals surface area (Å²) in [6.45, 7) is 9.46. The van der Waals surface area contributed by atoms with Crippen LogP contribution in [0.4, 0.5) is 0 Å². The second-order valence-electron chi connectivity index (χ2n) is 9.90. The number of morpholine rings is 1. The van der Waals surface area contributed by atoms with Crippen molar-refractivity contribution >= 4 is 5.91 Å². The normalized spacial score (nSPS) is 22.3. The van der Waals surface area contributed by atoms with Gasteiger partial charge in [-0.2, -0.15) is 0 Å². The van der Waals surface area contributed by atoms with Gasteiger partial charge in [-0.05, 0) is 30.5 Å². The number of hydrogen-bond acceptors (Lipinski definition) is 7. The lowest BCUT2D eigenvalue weighted by Gasteiger charge is -2.48. The number of amides is 1. The van der Waals surface area contributed by atoms with Crippen molar-refractivity contribution in [3.05, 3.63) is 23.8 Å². The smallest absolute Gasteiger partial charge is 0.234 e. The first-order chi connectivity index (χ1) is 16.6. The predicted molar refractivity (Wildman–Crippen MR) is 132 cm³/mol. The maximum absolute atomic E-state index is 12.8. The largest absolute Gasteiger partial charge is 0.493 e. The molecule has 3 aliphatic rings. The van der Waals surface area contributed by atoms with E-state index in [1.54, 1.807) is 14.2 Å². The minimum atomic E-state index is 0.121. The summed E-state index contributed by atoms with van der Waals surface area (Å²) in [5.41, 5.74) is 1.33. The zero-order valence-electron chi connectivity index (χ0n) is 21.0. The summed E-state index contributed by atoms with van der Waals surface area (Å²) in [5.74, 6) is 1.68. The molecule has 8 nitrogen and oxygen atoms in total. The molecule has 2 aliphatic heterocycles. The lowest BCUT2D eigenvalue weighted by molar-refractivity contribution is -0.124. The molecule has 2 heterocycles. The quantitative estimate of drug-likeness (QED) is 0.587. The molecule has 0 atom stereocenters. The summed E-state index contributed by atoms with van der Waals surface area (Å²) in [6, 6.07) is 6.11. The van der Waals surface area contributed by atoms with Crippen LogP contribution in [-0.4, -0.2) is 106 Å². The Kier molecular flexibility index (Phi) is 9.05. The van der Waals surface area contributed by atoms with Gasteiger partial charge in [0.05, 0.1) is 34.0 Å². The van der Waals surface area contributed by atoms with Gasteiger partial charge in [-0.15, -0.1) is 0 Å². The van der Waals surface area contributed by atoms with Gasteiger partial charge in [-0.1, -0.05) is 25.3 Å². The van der Waals surface area contributed by atoms with Crippen LogP contribution in [0.2, 0.25) is 0 Å². The molecular weight excluding hydrogens is 432 g/mol. The van der Waals surface area contributed by atoms with Crippen LogP contribution in [-0.2, 0) is 16.1 Å². The number of methoxy groups -OCH3 is 2. The molecule has 1 saturated carbocycles. The predicted octanol–water partition coefficient (Wildman–Crippen LogP) is 1.97. The van der Waals surface area contributed by atoms with E-state index in [2.05, 4.69) is 26.1 Å². The molecule has 1 aromatic rings. The van der Waals surface area contributed by atoms with Crippen molar-refractivity contribution in [1.82, 2.24) is 20.0 Å². The Morgan fingerprint density at radius 3 is 2.29 bits per heavy atom. The van der Waals surface area contributed by atoms with Gasteiger partial charge in [-0.25, -0.2) is 0 Å². The standard InChI is InChI=1S/C26H42N4O4/c1-32-23-7-6-22(18-24(23)33-2)19-28-10-12-29(13-11-28)20-25(31)27-21-26(8-4-3-5-9-26)30-14-16-34-17-15-30/h6-7,18H,3-5,8-17,19-21H2,1-2H3,(H,27,31). The summed E-state index contributed by atoms with van der Waals surface area (Å²) in [6.07, 6.45) is 6.20. The maximum Gasteiger partial charge on any atom is 0.234 e. The van der Waals surface area contributed by atoms with E-state index in [9.17, 15) is 4.79 Å². The molecule has 0 bridgehead atoms. The van der Waals surface area contributed by atoms with E-state index < -0.39 is 0 Å². The van der Waals surface area contributed by atoms with Crippen LogP contribution < -0.4 is 14.8 Å². The summed E-state index contributed by atoms with van der Waals surface area (Å²) in [5, 5.41) is 3.31. The first kappa shape index (κ1) is 25.2. The average molecular weight is 475 g/mol. The van der Waals surface area contributed by atoms with Gasteiger partial charge < -0.3 is 19.5 Å². The number of ether oxygens (including phenoxy) is 3. The SMILES string of the molecule is COc1ccc(CN2CCN(CC(=O)NCC3(N4CCOCC4)CCCCC3)CC2)cc1OC. The third-order valence-electron chi connectivity index (χ3n) is 7.77. The Morgan fingerprint density at radius 2 is 1.62 bits per heavy atom. The van der Waals surface area contributed by atoms with Crippen molar-refractivity contribution in [2.24, 2.45) is 0 Å². The fourth-order valence-electron chi connectivity index (χ4n) is 5.72. The van der Waals surface area contributed by atoms with Crippen molar-refractivity contribution in [3.8, 4) is 11.5 Å². The summed E-state index contributed by atoms with van der Waals surface area (Å²) < 4.78 is 16.4. The van der Waals surface area contributed by atoms with Crippen LogP contribution in [0.15, 0.2) is 18.2 Å². The molecule has 190 valence electrons. The highest BCUT2D eigenvalue weighted by atomic mass is 16.5. The lowest BCUT2D eigenvalue weighted by atomic mass is 9.79. The van der Waals surface area contributed by atoms with Crippen LogP contribution in [0.5, 0.6) is 11.5 Å². The van der Waals surface area contributed by atoms with Crippen molar-refractivity contribution in [3.63, 3.8) is 0 Å². The number of hydrogen-bond donors (Lipinski definition) is 1. The summed E-state index contributed by atoms with van der Waals surface area (Å²) >= 11 is 0. The highest BCUT2D eigenvalue weighted by Gasteiger charge is 2.38. The molecule has 2 saturated heterocycles. The van der Waals surface area contributed by atoms with Gasteiger partial charge in [0.1, 0.15) is 0 Å². The van der Waals surface area contributed by atoms with E-state index in [1.807, 2.05) is 12.1 Å². The zero-order valence-corrected chi connectivity index (χ0v) is 21.0. The molecular formula is C26H42N4O4. The molecule has 3 fully saturated rings. The summed E-state index contributed by atoms with van der Waals surface area (Å²) in [7, 11) is 3.33. The van der Waals surface area contributed by atoms with E-state index in [0.29, 0.717) is 6.54 Å². The lowest BCUT2D eigenvalue weighted by Crippen LogP contribution is -2.60. The number of nitrogens with one attached hydrogen (secondary N) is 1. The second-order valence-corrected chi connectivity index (χ2v) is 9.90. The molecule has 0 radical (unpaired) electrons. The Bertz CT molecular complexity index is 785. The molecule has 1 N–H and O–H groups in total. The Labute approximate surface area is 204 Å². The van der Waals surface area contributed by atoms with E-state index in [1.165, 1.54) is 37.7 Å². The van der Waals surface area contributed by atoms with Crippen molar-refractivity contribution in [2.45, 2.75) is 44.2 Å². The fraction of sp³-hybridized carbons (Fsp3) is 0.731. The Balaban J connectivity index is 1.22. The molecule has 34 heavy (non-hydrogen) atoms. The van der Waals surface area contributed by atoms with Gasteiger partial charge in [0.15, 0.2) is 11.5 Å². The molecule has 0 spiro atoms. The van der Waals surface area contributed by atoms with Gasteiger partial charge in [0.25, 0.3) is 0 Å². The minimum Gasteiger partial charge on any atom is -0.493 e. The van der Waals surface area contributed by atoms with E-state index >= 15 is 0 Å². The van der Waals surface area contributed by atoms with Crippen LogP contribution in [0.1, 0.15) is 37.7 Å². The van der Waals surface area contributed by atoms with Crippen molar-refractivity contribution in [1.29, 1.82) is 0 Å². The van der Waals surface area contributed by atoms with Crippen molar-refractivity contribution in [2.75, 3.05) is 79.8 Å². The van der Waals surface area contributed by atoms with Crippen LogP contribution in [0.25, 0.3) is 0 Å². The Morgan fingerprint density at radius 1 is 0.941 bits per heavy atom. The third kappa shape index (κ3) is 6.42. The number of rotatable bonds is 9. The van der Waals surface area contributed by atoms with E-state index in [4.69, 9.17) is 14.2 Å². The minimum absolute atomic E-state index is 0.121. The van der Waals surface area contributed by atoms with Crippen molar-refractivity contribution < 1.29 is 19.0 Å². The molecule has 4 rings (SSSR count). The van der Waals surface area contributed by atoms with Crippen LogP contribution >= 0.6 is 0 Å². The number of carbonyl (C=O) groups is 1. The first-order valence-electron chi connectivity index (χ1n) is 12.9. The summed E-state index contributed by atoms with van der Waals surface area (Å²) in [4.78, 5) is 20.1. The van der Waals surface area contributed by atoms with Gasteiger partial charge in [0, 0.05) is 57.9 Å². The maximum atomic E-state index is 12.8. The zero-order chi connectivity index (χ0) is 23.8. The molecule has 8 heteroatoms. The topological polar surface area (TPSA) is 66.5 Å². The fourth-order valence-corrected chi connectivity index (χ4v) is 5.72. The molecule has 1 amide bonds. The molecule has 0 aromatic heterocycles. The molecule has 1 aliphatic carbocycles. The Hall–Kier alpha value is -1.87. The second kappa shape index (κ2) is 12.2. The molecule has 1 aromatic carbocycles. The monoisotopic (exact) mass is 474 g/mol. The highest BCUT2D eigenvalue weighted by molar-refractivity contribution is 5.78. The average Bonchev–Trinajstić information content (AvgIpc) is 2.89. The van der Waals surface area contributed by atoms with Gasteiger partial charge in [0.2, 0.25) is 5.91 Å². The van der Waals surface area contributed by atoms with Gasteiger partial charge >= 0.3 is 0 Å². The third-order valence-corrected chi connectivity index (χ3v) is 7.77.